The fourth-order valence-corrected chi connectivity index (χ4v) is 2.30. The van der Waals surface area contributed by atoms with Gasteiger partial charge < -0.3 is 9.47 Å². The fraction of sp³-hybridized carbons (Fsp3) is 0.615. The molecule has 2 aliphatic rings. The zero-order chi connectivity index (χ0) is 11.7. The van der Waals surface area contributed by atoms with Gasteiger partial charge in [-0.2, -0.15) is 0 Å². The third kappa shape index (κ3) is 3.22. The first-order valence-electron chi connectivity index (χ1n) is 6.21. The molecule has 0 radical (unpaired) electrons. The Morgan fingerprint density at radius 1 is 1.18 bits per heavy atom. The average molecular weight is 252 g/mol. The van der Waals surface area contributed by atoms with Crippen molar-refractivity contribution in [3.63, 3.8) is 0 Å². The highest BCUT2D eigenvalue weighted by molar-refractivity contribution is 7.15. The molecule has 1 heterocycles. The van der Waals surface area contributed by atoms with E-state index in [0.29, 0.717) is 17.4 Å². The van der Waals surface area contributed by atoms with Crippen LogP contribution >= 0.6 is 11.3 Å². The molecule has 0 aromatic carbocycles. The lowest BCUT2D eigenvalue weighted by atomic mass is 10.4. The van der Waals surface area contributed by atoms with E-state index in [4.69, 9.17) is 9.47 Å². The molecular formula is C13H16O3S. The fourth-order valence-electron chi connectivity index (χ4n) is 1.54. The van der Waals surface area contributed by atoms with Gasteiger partial charge in [-0.3, -0.25) is 0 Å². The third-order valence-corrected chi connectivity index (χ3v) is 4.07. The molecule has 17 heavy (non-hydrogen) atoms. The number of carbonyl (C=O) groups is 1. The average Bonchev–Trinajstić information content (AvgIpc) is 3.24. The molecule has 0 atom stereocenters. The largest absolute Gasteiger partial charge is 0.484 e. The van der Waals surface area contributed by atoms with E-state index in [-0.39, 0.29) is 5.97 Å². The van der Waals surface area contributed by atoms with Crippen LogP contribution in [-0.4, -0.2) is 19.2 Å². The predicted molar refractivity (Wildman–Crippen MR) is 65.5 cm³/mol. The zero-order valence-corrected chi connectivity index (χ0v) is 10.5. The molecule has 0 spiro atoms. The second kappa shape index (κ2) is 4.69. The highest BCUT2D eigenvalue weighted by atomic mass is 32.1. The number of esters is 1. The summed E-state index contributed by atoms with van der Waals surface area (Å²) in [5, 5.41) is 0.829. The van der Waals surface area contributed by atoms with Crippen molar-refractivity contribution in [2.45, 2.75) is 25.7 Å². The van der Waals surface area contributed by atoms with Gasteiger partial charge in [0.1, 0.15) is 4.88 Å². The van der Waals surface area contributed by atoms with Gasteiger partial charge in [-0.05, 0) is 49.7 Å². The lowest BCUT2D eigenvalue weighted by Crippen LogP contribution is -2.05. The van der Waals surface area contributed by atoms with Gasteiger partial charge in [0.25, 0.3) is 0 Å². The maximum Gasteiger partial charge on any atom is 0.348 e. The Morgan fingerprint density at radius 3 is 2.59 bits per heavy atom. The predicted octanol–water partition coefficient (Wildman–Crippen LogP) is 3.10. The van der Waals surface area contributed by atoms with Crippen LogP contribution < -0.4 is 4.74 Å². The molecule has 3 rings (SSSR count). The Hall–Kier alpha value is -1.03. The van der Waals surface area contributed by atoms with Crippen molar-refractivity contribution >= 4 is 17.3 Å². The Morgan fingerprint density at radius 2 is 1.88 bits per heavy atom. The first kappa shape index (κ1) is 11.1. The van der Waals surface area contributed by atoms with E-state index in [2.05, 4.69) is 0 Å². The van der Waals surface area contributed by atoms with Crippen LogP contribution in [0.3, 0.4) is 0 Å². The Bertz CT molecular complexity index is 405. The van der Waals surface area contributed by atoms with Crippen molar-refractivity contribution in [2.24, 2.45) is 11.8 Å². The summed E-state index contributed by atoms with van der Waals surface area (Å²) in [5.74, 6) is 1.15. The summed E-state index contributed by atoms with van der Waals surface area (Å²) in [6.07, 6.45) is 4.96. The van der Waals surface area contributed by atoms with Crippen LogP contribution in [0.15, 0.2) is 12.1 Å². The van der Waals surface area contributed by atoms with Gasteiger partial charge in [0.15, 0.2) is 5.06 Å². The number of thiophene rings is 1. The highest BCUT2D eigenvalue weighted by Gasteiger charge is 2.24. The summed E-state index contributed by atoms with van der Waals surface area (Å²) < 4.78 is 10.8. The summed E-state index contributed by atoms with van der Waals surface area (Å²) in [4.78, 5) is 12.3. The first-order chi connectivity index (χ1) is 8.31. The van der Waals surface area contributed by atoms with Crippen LogP contribution in [0.5, 0.6) is 5.06 Å². The van der Waals surface area contributed by atoms with E-state index in [1.54, 1.807) is 6.07 Å². The monoisotopic (exact) mass is 252 g/mol. The van der Waals surface area contributed by atoms with Gasteiger partial charge in [-0.15, -0.1) is 0 Å². The van der Waals surface area contributed by atoms with Gasteiger partial charge in [-0.1, -0.05) is 11.3 Å². The number of hydrogen-bond acceptors (Lipinski definition) is 4. The van der Waals surface area contributed by atoms with E-state index >= 15 is 0 Å². The van der Waals surface area contributed by atoms with E-state index in [1.165, 1.54) is 37.0 Å². The van der Waals surface area contributed by atoms with Gasteiger partial charge in [0, 0.05) is 0 Å². The molecule has 3 nitrogen and oxygen atoms in total. The molecule has 2 fully saturated rings. The van der Waals surface area contributed by atoms with E-state index in [9.17, 15) is 4.79 Å². The summed E-state index contributed by atoms with van der Waals surface area (Å²) in [7, 11) is 0. The molecule has 1 aromatic heterocycles. The second-order valence-corrected chi connectivity index (χ2v) is 5.96. The van der Waals surface area contributed by atoms with E-state index < -0.39 is 0 Å². The number of carbonyl (C=O) groups excluding carboxylic acids is 1. The SMILES string of the molecule is O=C(OCC1CC1)c1ccc(OCC2CC2)s1. The van der Waals surface area contributed by atoms with Gasteiger partial charge in [0.2, 0.25) is 0 Å². The molecule has 2 saturated carbocycles. The molecule has 0 aliphatic heterocycles. The van der Waals surface area contributed by atoms with E-state index in [0.717, 1.165) is 17.6 Å². The minimum absolute atomic E-state index is 0.205. The molecule has 1 aromatic rings. The van der Waals surface area contributed by atoms with E-state index in [1.807, 2.05) is 6.07 Å². The summed E-state index contributed by atoms with van der Waals surface area (Å²) >= 11 is 1.39. The zero-order valence-electron chi connectivity index (χ0n) is 9.69. The summed E-state index contributed by atoms with van der Waals surface area (Å²) in [5.41, 5.74) is 0. The van der Waals surface area contributed by atoms with Gasteiger partial charge in [0.05, 0.1) is 13.2 Å². The lowest BCUT2D eigenvalue weighted by molar-refractivity contribution is 0.0492. The van der Waals surface area contributed by atoms with Crippen molar-refractivity contribution in [3.05, 3.63) is 17.0 Å². The third-order valence-electron chi connectivity index (χ3n) is 3.09. The number of rotatable bonds is 6. The van der Waals surface area contributed by atoms with Crippen molar-refractivity contribution in [2.75, 3.05) is 13.2 Å². The molecular weight excluding hydrogens is 236 g/mol. The van der Waals surface area contributed by atoms with Crippen molar-refractivity contribution in [3.8, 4) is 5.06 Å². The molecule has 92 valence electrons. The maximum absolute atomic E-state index is 11.7. The van der Waals surface area contributed by atoms with Crippen LogP contribution in [0.2, 0.25) is 0 Å². The maximum atomic E-state index is 11.7. The quantitative estimate of drug-likeness (QED) is 0.730. The highest BCUT2D eigenvalue weighted by Crippen LogP contribution is 2.32. The minimum Gasteiger partial charge on any atom is -0.484 e. The normalized spacial score (nSPS) is 19.1. The lowest BCUT2D eigenvalue weighted by Gasteiger charge is -2.01. The summed E-state index contributed by atoms with van der Waals surface area (Å²) in [6.45, 7) is 1.37. The van der Waals surface area contributed by atoms with Crippen molar-refractivity contribution in [1.82, 2.24) is 0 Å². The topological polar surface area (TPSA) is 35.5 Å². The Kier molecular flexibility index (Phi) is 3.05. The van der Waals surface area contributed by atoms with Crippen LogP contribution in [-0.2, 0) is 4.74 Å². The standard InChI is InChI=1S/C13H16O3S/c14-13(16-8-10-3-4-10)11-5-6-12(17-11)15-7-9-1-2-9/h5-6,9-10H,1-4,7-8H2. The van der Waals surface area contributed by atoms with Crippen LogP contribution in [0.1, 0.15) is 35.4 Å². The number of hydrogen-bond donors (Lipinski definition) is 0. The van der Waals surface area contributed by atoms with Crippen molar-refractivity contribution < 1.29 is 14.3 Å². The Balaban J connectivity index is 1.48. The summed E-state index contributed by atoms with van der Waals surface area (Å²) in [6, 6.07) is 3.66. The number of ether oxygens (including phenoxy) is 2. The molecule has 0 unspecified atom stereocenters. The second-order valence-electron chi connectivity index (χ2n) is 4.91. The minimum atomic E-state index is -0.205. The van der Waals surface area contributed by atoms with Crippen LogP contribution in [0.25, 0.3) is 0 Å². The van der Waals surface area contributed by atoms with Gasteiger partial charge >= 0.3 is 5.97 Å². The molecule has 2 aliphatic carbocycles. The van der Waals surface area contributed by atoms with Crippen molar-refractivity contribution in [1.29, 1.82) is 0 Å². The molecule has 0 N–H and O–H groups in total. The Labute approximate surface area is 105 Å². The molecule has 0 amide bonds. The molecule has 0 saturated heterocycles. The van der Waals surface area contributed by atoms with Gasteiger partial charge in [-0.25, -0.2) is 4.79 Å². The smallest absolute Gasteiger partial charge is 0.348 e. The first-order valence-corrected chi connectivity index (χ1v) is 7.02. The van der Waals surface area contributed by atoms with Crippen LogP contribution in [0, 0.1) is 11.8 Å². The molecule has 0 bridgehead atoms. The molecule has 4 heteroatoms. The van der Waals surface area contributed by atoms with Crippen LogP contribution in [0.4, 0.5) is 0 Å².